The van der Waals surface area contributed by atoms with E-state index < -0.39 is 10.0 Å². The van der Waals surface area contributed by atoms with E-state index in [2.05, 4.69) is 10.1 Å². The van der Waals surface area contributed by atoms with Crippen LogP contribution < -0.4 is 0 Å². The second kappa shape index (κ2) is 6.54. The molecule has 0 saturated heterocycles. The number of pyridine rings is 1. The quantitative estimate of drug-likeness (QED) is 0.691. The molecular weight excluding hydrogens is 367 g/mol. The van der Waals surface area contributed by atoms with Gasteiger partial charge in [-0.2, -0.15) is 9.40 Å². The number of nitrogens with zero attached hydrogens (tertiary/aromatic N) is 4. The molecule has 1 aliphatic rings. The highest BCUT2D eigenvalue weighted by atomic mass is 32.2. The van der Waals surface area contributed by atoms with Crippen LogP contribution in [0.15, 0.2) is 42.7 Å². The smallest absolute Gasteiger partial charge is 0.214 e. The van der Waals surface area contributed by atoms with Gasteiger partial charge in [-0.05, 0) is 48.4 Å². The first-order chi connectivity index (χ1) is 12.9. The van der Waals surface area contributed by atoms with E-state index in [1.54, 1.807) is 29.9 Å². The molecule has 6 nitrogen and oxygen atoms in total. The van der Waals surface area contributed by atoms with E-state index in [1.807, 2.05) is 19.3 Å². The van der Waals surface area contributed by atoms with Crippen molar-refractivity contribution in [1.29, 1.82) is 0 Å². The van der Waals surface area contributed by atoms with Crippen LogP contribution in [0.5, 0.6) is 0 Å². The minimum atomic E-state index is -3.30. The van der Waals surface area contributed by atoms with Crippen molar-refractivity contribution in [2.75, 3.05) is 5.75 Å². The zero-order valence-electron chi connectivity index (χ0n) is 15.1. The van der Waals surface area contributed by atoms with Gasteiger partial charge in [0.1, 0.15) is 11.5 Å². The van der Waals surface area contributed by atoms with Crippen LogP contribution in [0.4, 0.5) is 4.39 Å². The van der Waals surface area contributed by atoms with Crippen molar-refractivity contribution in [3.63, 3.8) is 0 Å². The van der Waals surface area contributed by atoms with Crippen molar-refractivity contribution in [1.82, 2.24) is 19.1 Å². The lowest BCUT2D eigenvalue weighted by molar-refractivity contribution is 0.431. The number of sulfonamides is 1. The van der Waals surface area contributed by atoms with Crippen LogP contribution in [0.25, 0.3) is 22.4 Å². The number of aromatic nitrogens is 3. The summed E-state index contributed by atoms with van der Waals surface area (Å²) in [7, 11) is -1.47. The first kappa shape index (κ1) is 17.8. The van der Waals surface area contributed by atoms with Gasteiger partial charge in [-0.15, -0.1) is 0 Å². The molecule has 0 bridgehead atoms. The molecule has 0 amide bonds. The van der Waals surface area contributed by atoms with E-state index in [4.69, 9.17) is 0 Å². The molecule has 8 heteroatoms. The van der Waals surface area contributed by atoms with Gasteiger partial charge in [0, 0.05) is 37.1 Å². The monoisotopic (exact) mass is 386 g/mol. The highest BCUT2D eigenvalue weighted by molar-refractivity contribution is 7.89. The van der Waals surface area contributed by atoms with Gasteiger partial charge in [0.05, 0.1) is 18.0 Å². The van der Waals surface area contributed by atoms with E-state index in [-0.39, 0.29) is 18.1 Å². The van der Waals surface area contributed by atoms with Crippen molar-refractivity contribution in [2.24, 2.45) is 7.05 Å². The molecular formula is C19H19FN4O2S. The molecule has 27 heavy (non-hydrogen) atoms. The van der Waals surface area contributed by atoms with E-state index in [1.165, 1.54) is 16.4 Å². The molecule has 0 radical (unpaired) electrons. The molecule has 4 rings (SSSR count). The molecule has 0 saturated carbocycles. The van der Waals surface area contributed by atoms with E-state index in [0.29, 0.717) is 6.54 Å². The number of fused-ring (bicyclic) bond motifs is 1. The Morgan fingerprint density at radius 3 is 2.56 bits per heavy atom. The lowest BCUT2D eigenvalue weighted by atomic mass is 9.98. The Morgan fingerprint density at radius 2 is 1.85 bits per heavy atom. The molecule has 0 unspecified atom stereocenters. The molecule has 0 fully saturated rings. The maximum absolute atomic E-state index is 13.3. The average molecular weight is 386 g/mol. The topological polar surface area (TPSA) is 68.1 Å². The average Bonchev–Trinajstić information content (AvgIpc) is 3.26. The lowest BCUT2D eigenvalue weighted by Crippen LogP contribution is -2.27. The first-order valence-corrected chi connectivity index (χ1v) is 10.2. The van der Waals surface area contributed by atoms with Gasteiger partial charge in [-0.1, -0.05) is 0 Å². The maximum Gasteiger partial charge on any atom is 0.214 e. The standard InChI is InChI=1S/C19H19FN4O2S/c1-3-27(25,26)24-11-16-15(8-9-21-18(16)12-24)17-10-23(2)22-19(17)13-4-6-14(20)7-5-13/h4-10H,3,11-12H2,1-2H3. The summed E-state index contributed by atoms with van der Waals surface area (Å²) in [5.74, 6) is -0.245. The molecule has 0 spiro atoms. The summed E-state index contributed by atoms with van der Waals surface area (Å²) in [6.07, 6.45) is 3.59. The molecule has 0 aliphatic carbocycles. The van der Waals surface area contributed by atoms with Crippen molar-refractivity contribution in [2.45, 2.75) is 20.0 Å². The molecule has 3 heterocycles. The van der Waals surface area contributed by atoms with Gasteiger partial charge in [-0.25, -0.2) is 12.8 Å². The van der Waals surface area contributed by atoms with E-state index in [9.17, 15) is 12.8 Å². The summed E-state index contributed by atoms with van der Waals surface area (Å²) < 4.78 is 41.0. The number of hydrogen-bond acceptors (Lipinski definition) is 4. The first-order valence-electron chi connectivity index (χ1n) is 8.63. The maximum atomic E-state index is 13.3. The Bertz CT molecular complexity index is 1110. The second-order valence-corrected chi connectivity index (χ2v) is 8.78. The molecule has 140 valence electrons. The molecule has 1 aliphatic heterocycles. The summed E-state index contributed by atoms with van der Waals surface area (Å²) in [5.41, 5.74) is 4.96. The Balaban J connectivity index is 1.82. The molecule has 3 aromatic rings. The van der Waals surface area contributed by atoms with Crippen LogP contribution in [-0.4, -0.2) is 33.2 Å². The van der Waals surface area contributed by atoms with Gasteiger partial charge in [0.25, 0.3) is 0 Å². The van der Waals surface area contributed by atoms with Crippen LogP contribution in [0, 0.1) is 5.82 Å². The third-order valence-electron chi connectivity index (χ3n) is 4.80. The summed E-state index contributed by atoms with van der Waals surface area (Å²) >= 11 is 0. The van der Waals surface area contributed by atoms with Crippen molar-refractivity contribution >= 4 is 10.0 Å². The highest BCUT2D eigenvalue weighted by Crippen LogP contribution is 2.37. The third kappa shape index (κ3) is 3.15. The molecule has 2 aromatic heterocycles. The second-order valence-electron chi connectivity index (χ2n) is 6.52. The Hall–Kier alpha value is -2.58. The van der Waals surface area contributed by atoms with Crippen molar-refractivity contribution < 1.29 is 12.8 Å². The SMILES string of the molecule is CCS(=O)(=O)N1Cc2nccc(-c3cn(C)nc3-c3ccc(F)cc3)c2C1. The van der Waals surface area contributed by atoms with Crippen LogP contribution in [0.2, 0.25) is 0 Å². The number of rotatable bonds is 4. The predicted octanol–water partition coefficient (Wildman–Crippen LogP) is 2.95. The van der Waals surface area contributed by atoms with Gasteiger partial charge >= 0.3 is 0 Å². The van der Waals surface area contributed by atoms with Crippen LogP contribution in [0.3, 0.4) is 0 Å². The van der Waals surface area contributed by atoms with Crippen molar-refractivity contribution in [3.8, 4) is 22.4 Å². The number of hydrogen-bond donors (Lipinski definition) is 0. The minimum Gasteiger partial charge on any atom is -0.275 e. The number of halogens is 1. The minimum absolute atomic E-state index is 0.0596. The van der Waals surface area contributed by atoms with Gasteiger partial charge in [-0.3, -0.25) is 9.67 Å². The zero-order chi connectivity index (χ0) is 19.2. The van der Waals surface area contributed by atoms with E-state index in [0.717, 1.165) is 33.6 Å². The fourth-order valence-electron chi connectivity index (χ4n) is 3.39. The summed E-state index contributed by atoms with van der Waals surface area (Å²) in [6.45, 7) is 2.22. The Kier molecular flexibility index (Phi) is 4.32. The molecule has 0 atom stereocenters. The summed E-state index contributed by atoms with van der Waals surface area (Å²) in [5, 5.41) is 4.54. The lowest BCUT2D eigenvalue weighted by Gasteiger charge is -2.13. The summed E-state index contributed by atoms with van der Waals surface area (Å²) in [6, 6.07) is 8.07. The van der Waals surface area contributed by atoms with E-state index >= 15 is 0 Å². The Labute approximate surface area is 157 Å². The van der Waals surface area contributed by atoms with Gasteiger partial charge in [0.15, 0.2) is 0 Å². The van der Waals surface area contributed by atoms with Crippen LogP contribution >= 0.6 is 0 Å². The molecule has 0 N–H and O–H groups in total. The molecule has 1 aromatic carbocycles. The summed E-state index contributed by atoms with van der Waals surface area (Å²) in [4.78, 5) is 4.38. The van der Waals surface area contributed by atoms with Gasteiger partial charge < -0.3 is 0 Å². The van der Waals surface area contributed by atoms with Crippen LogP contribution in [-0.2, 0) is 30.2 Å². The Morgan fingerprint density at radius 1 is 1.11 bits per heavy atom. The van der Waals surface area contributed by atoms with Gasteiger partial charge in [0.2, 0.25) is 10.0 Å². The normalized spacial score (nSPS) is 14.5. The highest BCUT2D eigenvalue weighted by Gasteiger charge is 2.31. The largest absolute Gasteiger partial charge is 0.275 e. The zero-order valence-corrected chi connectivity index (χ0v) is 15.9. The van der Waals surface area contributed by atoms with Crippen LogP contribution in [0.1, 0.15) is 18.2 Å². The fraction of sp³-hybridized carbons (Fsp3) is 0.263. The third-order valence-corrected chi connectivity index (χ3v) is 6.58. The fourth-order valence-corrected chi connectivity index (χ4v) is 4.40. The predicted molar refractivity (Wildman–Crippen MR) is 101 cm³/mol. The number of benzene rings is 1. The van der Waals surface area contributed by atoms with Crippen molar-refractivity contribution in [3.05, 3.63) is 59.8 Å². The number of aryl methyl sites for hydroxylation is 1.